The highest BCUT2D eigenvalue weighted by Crippen LogP contribution is 2.22. The van der Waals surface area contributed by atoms with Crippen LogP contribution in [0.2, 0.25) is 0 Å². The normalized spacial score (nSPS) is 12.5. The molecule has 1 saturated heterocycles. The molecule has 3 heterocycles. The van der Waals surface area contributed by atoms with Gasteiger partial charge in [0.15, 0.2) is 11.5 Å². The van der Waals surface area contributed by atoms with E-state index in [4.69, 9.17) is 0 Å². The number of fused-ring (bicyclic) bond motifs is 1. The largest absolute Gasteiger partial charge is 0.388 e. The van der Waals surface area contributed by atoms with Crippen molar-refractivity contribution in [3.05, 3.63) is 66.9 Å². The predicted molar refractivity (Wildman–Crippen MR) is 144 cm³/mol. The Kier molecular flexibility index (Phi) is 16.3. The Bertz CT molecular complexity index is 1030. The molecule has 1 N–H and O–H groups in total. The Morgan fingerprint density at radius 3 is 2.29 bits per heavy atom. The first kappa shape index (κ1) is 30.6. The smallest absolute Gasteiger partial charge is 0.331 e. The number of anilines is 1. The first-order valence-corrected chi connectivity index (χ1v) is 11.1. The van der Waals surface area contributed by atoms with Crippen LogP contribution in [-0.2, 0) is 17.8 Å². The zero-order valence-corrected chi connectivity index (χ0v) is 21.4. The SMILES string of the molecule is C=C.C=C/C(C)=C/C.C=CCn1c(=O)n(CC#CC)c2c(N3CCNCC3)ncnc21.COC. The summed E-state index contributed by atoms with van der Waals surface area (Å²) in [6.45, 7) is 23.3. The van der Waals surface area contributed by atoms with Crippen molar-refractivity contribution in [3.63, 3.8) is 0 Å². The average molecular weight is 469 g/mol. The number of hydrogen-bond acceptors (Lipinski definition) is 6. The third kappa shape index (κ3) is 8.85. The van der Waals surface area contributed by atoms with Gasteiger partial charge in [0.05, 0.1) is 6.54 Å². The van der Waals surface area contributed by atoms with E-state index in [1.165, 1.54) is 11.9 Å². The summed E-state index contributed by atoms with van der Waals surface area (Å²) in [5.41, 5.74) is 2.50. The molecule has 2 aromatic heterocycles. The van der Waals surface area contributed by atoms with Gasteiger partial charge in [-0.1, -0.05) is 36.3 Å². The molecular formula is C26H40N6O2. The Labute approximate surface area is 204 Å². The van der Waals surface area contributed by atoms with Gasteiger partial charge in [-0.25, -0.2) is 14.8 Å². The van der Waals surface area contributed by atoms with Crippen molar-refractivity contribution < 1.29 is 4.74 Å². The van der Waals surface area contributed by atoms with Crippen LogP contribution in [0.5, 0.6) is 0 Å². The maximum atomic E-state index is 12.7. The number of rotatable bonds is 5. The van der Waals surface area contributed by atoms with E-state index in [-0.39, 0.29) is 5.69 Å². The van der Waals surface area contributed by atoms with Gasteiger partial charge in [0, 0.05) is 46.9 Å². The van der Waals surface area contributed by atoms with Crippen LogP contribution in [0.4, 0.5) is 5.82 Å². The van der Waals surface area contributed by atoms with E-state index in [2.05, 4.69) is 63.1 Å². The Balaban J connectivity index is 0.000000841. The molecule has 2 aromatic rings. The second kappa shape index (κ2) is 18.1. The number of nitrogens with one attached hydrogen (secondary N) is 1. The van der Waals surface area contributed by atoms with Crippen molar-refractivity contribution in [2.45, 2.75) is 33.9 Å². The van der Waals surface area contributed by atoms with Gasteiger partial charge in [0.2, 0.25) is 0 Å². The summed E-state index contributed by atoms with van der Waals surface area (Å²) in [5, 5.41) is 3.32. The summed E-state index contributed by atoms with van der Waals surface area (Å²) in [6.07, 6.45) is 7.07. The van der Waals surface area contributed by atoms with Crippen LogP contribution in [0.1, 0.15) is 20.8 Å². The maximum absolute atomic E-state index is 12.7. The van der Waals surface area contributed by atoms with Crippen molar-refractivity contribution in [2.24, 2.45) is 0 Å². The third-order valence-corrected chi connectivity index (χ3v) is 4.69. The Morgan fingerprint density at radius 2 is 1.82 bits per heavy atom. The van der Waals surface area contributed by atoms with Crippen molar-refractivity contribution in [2.75, 3.05) is 45.3 Å². The number of piperazine rings is 1. The second-order valence-corrected chi connectivity index (χ2v) is 6.95. The van der Waals surface area contributed by atoms with E-state index in [1.807, 2.05) is 26.0 Å². The lowest BCUT2D eigenvalue weighted by molar-refractivity contribution is 0.277. The van der Waals surface area contributed by atoms with Gasteiger partial charge in [-0.2, -0.15) is 0 Å². The summed E-state index contributed by atoms with van der Waals surface area (Å²) >= 11 is 0. The van der Waals surface area contributed by atoms with Gasteiger partial charge in [-0.15, -0.1) is 25.7 Å². The molecule has 0 saturated carbocycles. The molecule has 0 bridgehead atoms. The number of imidazole rings is 1. The number of allylic oxidation sites excluding steroid dienone is 4. The van der Waals surface area contributed by atoms with E-state index in [0.717, 1.165) is 37.5 Å². The molecule has 0 aliphatic carbocycles. The van der Waals surface area contributed by atoms with Crippen LogP contribution in [0.25, 0.3) is 11.2 Å². The predicted octanol–water partition coefficient (Wildman–Crippen LogP) is 3.42. The molecule has 8 heteroatoms. The second-order valence-electron chi connectivity index (χ2n) is 6.95. The van der Waals surface area contributed by atoms with Crippen LogP contribution in [0.3, 0.4) is 0 Å². The molecule has 3 rings (SSSR count). The number of methoxy groups -OCH3 is 1. The van der Waals surface area contributed by atoms with Crippen molar-refractivity contribution in [3.8, 4) is 11.8 Å². The highest BCUT2D eigenvalue weighted by molar-refractivity contribution is 5.84. The monoisotopic (exact) mass is 468 g/mol. The summed E-state index contributed by atoms with van der Waals surface area (Å²) in [4.78, 5) is 23.7. The van der Waals surface area contributed by atoms with Crippen molar-refractivity contribution in [1.29, 1.82) is 0 Å². The van der Waals surface area contributed by atoms with E-state index in [1.54, 1.807) is 36.4 Å². The fourth-order valence-corrected chi connectivity index (χ4v) is 2.96. The lowest BCUT2D eigenvalue weighted by Crippen LogP contribution is -2.44. The minimum atomic E-state index is -0.125. The minimum Gasteiger partial charge on any atom is -0.388 e. The molecule has 0 amide bonds. The average Bonchev–Trinajstić information content (AvgIpc) is 3.15. The van der Waals surface area contributed by atoms with Crippen LogP contribution in [0.15, 0.2) is 61.2 Å². The van der Waals surface area contributed by atoms with E-state index >= 15 is 0 Å². The van der Waals surface area contributed by atoms with Crippen molar-refractivity contribution >= 4 is 17.0 Å². The zero-order chi connectivity index (χ0) is 25.9. The van der Waals surface area contributed by atoms with Gasteiger partial charge in [-0.05, 0) is 20.8 Å². The Hall–Kier alpha value is -3.41. The fourth-order valence-electron chi connectivity index (χ4n) is 2.96. The summed E-state index contributed by atoms with van der Waals surface area (Å²) < 4.78 is 7.53. The van der Waals surface area contributed by atoms with Crippen LogP contribution in [0, 0.1) is 11.8 Å². The molecule has 8 nitrogen and oxygen atoms in total. The molecule has 0 spiro atoms. The maximum Gasteiger partial charge on any atom is 0.331 e. The topological polar surface area (TPSA) is 77.2 Å². The number of ether oxygens (including phenoxy) is 1. The lowest BCUT2D eigenvalue weighted by Gasteiger charge is -2.28. The molecule has 1 fully saturated rings. The summed E-state index contributed by atoms with van der Waals surface area (Å²) in [6, 6.07) is 0. The highest BCUT2D eigenvalue weighted by Gasteiger charge is 2.22. The van der Waals surface area contributed by atoms with Gasteiger partial charge in [0.25, 0.3) is 0 Å². The summed E-state index contributed by atoms with van der Waals surface area (Å²) in [5.74, 6) is 6.62. The summed E-state index contributed by atoms with van der Waals surface area (Å²) in [7, 11) is 3.25. The number of nitrogens with zero attached hydrogens (tertiary/aromatic N) is 5. The van der Waals surface area contributed by atoms with E-state index < -0.39 is 0 Å². The number of hydrogen-bond donors (Lipinski definition) is 1. The molecule has 0 atom stereocenters. The van der Waals surface area contributed by atoms with E-state index in [0.29, 0.717) is 18.7 Å². The minimum absolute atomic E-state index is 0.125. The molecule has 1 aliphatic rings. The number of aromatic nitrogens is 4. The molecule has 186 valence electrons. The zero-order valence-electron chi connectivity index (χ0n) is 21.4. The fraction of sp³-hybridized carbons (Fsp3) is 0.423. The molecule has 0 radical (unpaired) electrons. The van der Waals surface area contributed by atoms with Gasteiger partial charge >= 0.3 is 5.69 Å². The third-order valence-electron chi connectivity index (χ3n) is 4.69. The van der Waals surface area contributed by atoms with Crippen molar-refractivity contribution in [1.82, 2.24) is 24.4 Å². The van der Waals surface area contributed by atoms with Gasteiger partial charge in [-0.3, -0.25) is 9.13 Å². The molecular weight excluding hydrogens is 428 g/mol. The molecule has 34 heavy (non-hydrogen) atoms. The quantitative estimate of drug-likeness (QED) is 0.412. The van der Waals surface area contributed by atoms with Gasteiger partial charge < -0.3 is 15.0 Å². The lowest BCUT2D eigenvalue weighted by atomic mass is 10.3. The Morgan fingerprint density at radius 1 is 1.21 bits per heavy atom. The molecule has 0 unspecified atom stereocenters. The van der Waals surface area contributed by atoms with Crippen LogP contribution < -0.4 is 15.9 Å². The van der Waals surface area contributed by atoms with E-state index in [9.17, 15) is 4.79 Å². The first-order valence-electron chi connectivity index (χ1n) is 11.1. The highest BCUT2D eigenvalue weighted by atomic mass is 16.4. The van der Waals surface area contributed by atoms with Crippen LogP contribution >= 0.6 is 0 Å². The molecule has 0 aromatic carbocycles. The molecule has 1 aliphatic heterocycles. The standard InChI is InChI=1S/C16H20N6O.C6H10.C2H6O.C2H4/c1-3-5-9-21-13-14(20-10-6-17-7-11-20)18-12-19-15(13)22(8-4-2)16(21)23;1-4-6(3)5-2;1-3-2;1-2/h4,12,17H,2,6-11H2,1H3;4-5H,1H2,2-3H3;1-2H3;1-2H2/b;6-5+;;. The first-order chi connectivity index (χ1) is 16.5. The van der Waals surface area contributed by atoms with Gasteiger partial charge in [0.1, 0.15) is 11.8 Å². The van der Waals surface area contributed by atoms with Crippen LogP contribution in [-0.4, -0.2) is 59.5 Å².